The van der Waals surface area contributed by atoms with Crippen LogP contribution in [0.4, 0.5) is 4.39 Å². The van der Waals surface area contributed by atoms with Crippen LogP contribution in [0.3, 0.4) is 0 Å². The molecule has 0 aliphatic heterocycles. The predicted octanol–water partition coefficient (Wildman–Crippen LogP) is 7.75. The van der Waals surface area contributed by atoms with Crippen LogP contribution in [0.25, 0.3) is 0 Å². The molecule has 1 nitrogen and oxygen atoms in total. The molecule has 0 amide bonds. The van der Waals surface area contributed by atoms with Crippen LogP contribution in [0.5, 0.6) is 0 Å². The Morgan fingerprint density at radius 3 is 2.17 bits per heavy atom. The molecule has 3 aromatic rings. The van der Waals surface area contributed by atoms with Gasteiger partial charge in [-0.15, -0.1) is 11.8 Å². The highest BCUT2D eigenvalue weighted by Crippen LogP contribution is 2.30. The van der Waals surface area contributed by atoms with Crippen molar-refractivity contribution in [2.75, 3.05) is 6.61 Å². The normalized spacial score (nSPS) is 11.0. The summed E-state index contributed by atoms with van der Waals surface area (Å²) in [6.45, 7) is 3.32. The van der Waals surface area contributed by atoms with E-state index in [0.29, 0.717) is 6.61 Å². The van der Waals surface area contributed by atoms with Gasteiger partial charge < -0.3 is 4.74 Å². The molecule has 0 aromatic heterocycles. The third-order valence-corrected chi connectivity index (χ3v) is 6.38. The molecule has 158 valence electrons. The van der Waals surface area contributed by atoms with E-state index in [4.69, 9.17) is 4.74 Å². The molecule has 3 heteroatoms. The molecule has 0 aliphatic carbocycles. The maximum Gasteiger partial charge on any atom is 0.130 e. The number of hydrogen-bond acceptors (Lipinski definition) is 2. The predicted molar refractivity (Wildman–Crippen MR) is 125 cm³/mol. The first-order valence-corrected chi connectivity index (χ1v) is 11.8. The van der Waals surface area contributed by atoms with Gasteiger partial charge in [0.2, 0.25) is 0 Å². The van der Waals surface area contributed by atoms with Crippen molar-refractivity contribution < 1.29 is 9.13 Å². The number of ether oxygens (including phenoxy) is 1. The molecule has 0 atom stereocenters. The quantitative estimate of drug-likeness (QED) is 0.218. The Bertz CT molecular complexity index is 880. The van der Waals surface area contributed by atoms with Gasteiger partial charge in [-0.05, 0) is 48.9 Å². The zero-order valence-corrected chi connectivity index (χ0v) is 18.6. The zero-order chi connectivity index (χ0) is 21.0. The van der Waals surface area contributed by atoms with Gasteiger partial charge in [-0.3, -0.25) is 0 Å². The molecule has 0 radical (unpaired) electrons. The molecular formula is C27H31FOS. The number of unbranched alkanes of at least 4 members (excludes halogenated alkanes) is 3. The van der Waals surface area contributed by atoms with Crippen molar-refractivity contribution in [3.05, 3.63) is 101 Å². The Labute approximate surface area is 184 Å². The molecule has 3 rings (SSSR count). The van der Waals surface area contributed by atoms with Crippen molar-refractivity contribution in [2.45, 2.75) is 56.3 Å². The number of thioether (sulfide) groups is 1. The zero-order valence-electron chi connectivity index (χ0n) is 17.8. The molecule has 0 spiro atoms. The Hall–Kier alpha value is -2.10. The van der Waals surface area contributed by atoms with Gasteiger partial charge in [0.1, 0.15) is 5.82 Å². The summed E-state index contributed by atoms with van der Waals surface area (Å²) in [7, 11) is 0. The van der Waals surface area contributed by atoms with Gasteiger partial charge in [-0.1, -0.05) is 79.6 Å². The summed E-state index contributed by atoms with van der Waals surface area (Å²) in [5.41, 5.74) is 4.11. The molecule has 0 saturated carbocycles. The van der Waals surface area contributed by atoms with Crippen molar-refractivity contribution in [2.24, 2.45) is 0 Å². The van der Waals surface area contributed by atoms with Crippen molar-refractivity contribution in [1.82, 2.24) is 0 Å². The number of rotatable bonds is 12. The van der Waals surface area contributed by atoms with E-state index in [1.54, 1.807) is 11.8 Å². The van der Waals surface area contributed by atoms with Crippen LogP contribution in [0, 0.1) is 12.7 Å². The lowest BCUT2D eigenvalue weighted by Crippen LogP contribution is -1.99. The first-order chi connectivity index (χ1) is 14.7. The summed E-state index contributed by atoms with van der Waals surface area (Å²) in [5.74, 6) is 0.842. The molecule has 0 bridgehead atoms. The fraction of sp³-hybridized carbons (Fsp3) is 0.333. The third kappa shape index (κ3) is 7.30. The third-order valence-electron chi connectivity index (χ3n) is 5.21. The lowest BCUT2D eigenvalue weighted by Gasteiger charge is -2.12. The number of aryl methyl sites for hydroxylation is 1. The fourth-order valence-electron chi connectivity index (χ4n) is 3.45. The second-order valence-electron chi connectivity index (χ2n) is 7.65. The van der Waals surface area contributed by atoms with E-state index in [1.165, 1.54) is 11.1 Å². The minimum absolute atomic E-state index is 0.0285. The molecule has 0 saturated heterocycles. The number of halogens is 1. The molecular weight excluding hydrogens is 391 g/mol. The standard InChI is InChI=1S/C27H31FOS/c1-22-17-18-26(30-21-24-14-8-5-9-15-24)25(27(22)28)16-10-2-3-11-19-29-20-23-12-6-4-7-13-23/h4-9,12-15,17-18H,2-3,10-11,16,19-21H2,1H3. The largest absolute Gasteiger partial charge is 0.377 e. The Kier molecular flexibility index (Phi) is 9.46. The van der Waals surface area contributed by atoms with Crippen LogP contribution in [0.15, 0.2) is 77.7 Å². The smallest absolute Gasteiger partial charge is 0.130 e. The number of hydrogen-bond donors (Lipinski definition) is 0. The average Bonchev–Trinajstić information content (AvgIpc) is 2.79. The summed E-state index contributed by atoms with van der Waals surface area (Å²) < 4.78 is 20.5. The van der Waals surface area contributed by atoms with Gasteiger partial charge in [-0.2, -0.15) is 0 Å². The fourth-order valence-corrected chi connectivity index (χ4v) is 4.49. The lowest BCUT2D eigenvalue weighted by molar-refractivity contribution is 0.116. The van der Waals surface area contributed by atoms with E-state index in [0.717, 1.165) is 60.5 Å². The molecule has 3 aromatic carbocycles. The Morgan fingerprint density at radius 2 is 1.43 bits per heavy atom. The molecule has 30 heavy (non-hydrogen) atoms. The molecule has 0 N–H and O–H groups in total. The second-order valence-corrected chi connectivity index (χ2v) is 8.67. The minimum atomic E-state index is -0.0285. The van der Waals surface area contributed by atoms with Crippen LogP contribution in [-0.4, -0.2) is 6.61 Å². The van der Waals surface area contributed by atoms with Gasteiger partial charge in [0.05, 0.1) is 6.61 Å². The monoisotopic (exact) mass is 422 g/mol. The van der Waals surface area contributed by atoms with Gasteiger partial charge in [0.25, 0.3) is 0 Å². The topological polar surface area (TPSA) is 9.23 Å². The molecule has 0 aliphatic rings. The van der Waals surface area contributed by atoms with E-state index in [1.807, 2.05) is 37.3 Å². The highest BCUT2D eigenvalue weighted by molar-refractivity contribution is 7.98. The Balaban J connectivity index is 1.40. The van der Waals surface area contributed by atoms with E-state index in [2.05, 4.69) is 42.5 Å². The van der Waals surface area contributed by atoms with Gasteiger partial charge in [0.15, 0.2) is 0 Å². The highest BCUT2D eigenvalue weighted by atomic mass is 32.2. The van der Waals surface area contributed by atoms with Crippen molar-refractivity contribution in [1.29, 1.82) is 0 Å². The van der Waals surface area contributed by atoms with Crippen LogP contribution in [-0.2, 0) is 23.5 Å². The molecule has 0 unspecified atom stereocenters. The average molecular weight is 423 g/mol. The van der Waals surface area contributed by atoms with Crippen molar-refractivity contribution >= 4 is 11.8 Å². The summed E-state index contributed by atoms with van der Waals surface area (Å²) in [6, 6.07) is 24.6. The van der Waals surface area contributed by atoms with Gasteiger partial charge in [0, 0.05) is 22.8 Å². The van der Waals surface area contributed by atoms with Gasteiger partial charge >= 0.3 is 0 Å². The van der Waals surface area contributed by atoms with Crippen LogP contribution >= 0.6 is 11.8 Å². The first-order valence-electron chi connectivity index (χ1n) is 10.8. The molecule has 0 heterocycles. The van der Waals surface area contributed by atoms with Crippen LogP contribution in [0.1, 0.15) is 47.9 Å². The van der Waals surface area contributed by atoms with E-state index in [-0.39, 0.29) is 5.82 Å². The minimum Gasteiger partial charge on any atom is -0.377 e. The first kappa shape index (κ1) is 22.6. The van der Waals surface area contributed by atoms with Crippen LogP contribution in [0.2, 0.25) is 0 Å². The Morgan fingerprint density at radius 1 is 0.767 bits per heavy atom. The maximum atomic E-state index is 14.8. The summed E-state index contributed by atoms with van der Waals surface area (Å²) in [4.78, 5) is 1.08. The highest BCUT2D eigenvalue weighted by Gasteiger charge is 2.12. The summed E-state index contributed by atoms with van der Waals surface area (Å²) >= 11 is 1.74. The van der Waals surface area contributed by atoms with Crippen LogP contribution < -0.4 is 0 Å². The van der Waals surface area contributed by atoms with Crippen molar-refractivity contribution in [3.63, 3.8) is 0 Å². The summed E-state index contributed by atoms with van der Waals surface area (Å²) in [6.07, 6.45) is 5.09. The maximum absolute atomic E-state index is 14.8. The number of benzene rings is 3. The van der Waals surface area contributed by atoms with E-state index >= 15 is 0 Å². The lowest BCUT2D eigenvalue weighted by atomic mass is 10.0. The summed E-state index contributed by atoms with van der Waals surface area (Å²) in [5, 5.41) is 0. The van der Waals surface area contributed by atoms with E-state index in [9.17, 15) is 4.39 Å². The van der Waals surface area contributed by atoms with Gasteiger partial charge in [-0.25, -0.2) is 4.39 Å². The van der Waals surface area contributed by atoms with E-state index < -0.39 is 0 Å². The molecule has 0 fully saturated rings. The van der Waals surface area contributed by atoms with Crippen molar-refractivity contribution in [3.8, 4) is 0 Å². The second kappa shape index (κ2) is 12.6. The SMILES string of the molecule is Cc1ccc(SCc2ccccc2)c(CCCCCCOCc2ccccc2)c1F.